The Hall–Kier alpha value is -5.40. The predicted octanol–water partition coefficient (Wildman–Crippen LogP) is 12.0. The second kappa shape index (κ2) is 15.9. The Kier molecular flexibility index (Phi) is 10.9. The zero-order chi connectivity index (χ0) is 37.7. The third-order valence-corrected chi connectivity index (χ3v) is 12.5. The van der Waals surface area contributed by atoms with Crippen LogP contribution < -0.4 is 18.9 Å². The molecule has 0 saturated carbocycles. The van der Waals surface area contributed by atoms with Crippen molar-refractivity contribution in [2.45, 2.75) is 19.6 Å². The highest BCUT2D eigenvalue weighted by Crippen LogP contribution is 2.37. The Balaban J connectivity index is 1.02. The van der Waals surface area contributed by atoms with E-state index in [2.05, 4.69) is 31.9 Å². The number of hydrogen-bond acceptors (Lipinski definition) is 8. The molecular weight excluding hydrogens is 856 g/mol. The normalized spacial score (nSPS) is 11.4. The molecular formula is C42H28Br2O8S2. The van der Waals surface area contributed by atoms with Crippen LogP contribution in [0.4, 0.5) is 0 Å². The van der Waals surface area contributed by atoms with Gasteiger partial charge in [0.2, 0.25) is 19.7 Å². The maximum atomic E-state index is 13.7. The van der Waals surface area contributed by atoms with Gasteiger partial charge in [-0.15, -0.1) is 0 Å². The van der Waals surface area contributed by atoms with E-state index >= 15 is 0 Å². The molecule has 0 bridgehead atoms. The smallest absolute Gasteiger partial charge is 0.210 e. The highest BCUT2D eigenvalue weighted by molar-refractivity contribution is 9.10. The summed E-state index contributed by atoms with van der Waals surface area (Å²) in [5.74, 6) is 3.11. The first kappa shape index (κ1) is 36.9. The van der Waals surface area contributed by atoms with Crippen molar-refractivity contribution in [3.8, 4) is 46.0 Å². The number of sulfone groups is 2. The van der Waals surface area contributed by atoms with E-state index in [0.29, 0.717) is 34.5 Å². The number of para-hydroxylation sites is 2. The molecule has 0 heterocycles. The third kappa shape index (κ3) is 8.53. The minimum absolute atomic E-state index is 0.0321. The van der Waals surface area contributed by atoms with Crippen LogP contribution in [-0.2, 0) is 19.7 Å². The highest BCUT2D eigenvalue weighted by atomic mass is 79.9. The first-order valence-corrected chi connectivity index (χ1v) is 20.8. The van der Waals surface area contributed by atoms with Crippen LogP contribution in [0.2, 0.25) is 0 Å². The predicted molar refractivity (Wildman–Crippen MR) is 212 cm³/mol. The third-order valence-electron chi connectivity index (χ3n) is 7.89. The minimum atomic E-state index is -3.93. The number of benzene rings is 7. The second-order valence-electron chi connectivity index (χ2n) is 11.6. The van der Waals surface area contributed by atoms with Crippen LogP contribution >= 0.6 is 31.9 Å². The first-order valence-electron chi connectivity index (χ1n) is 16.3. The van der Waals surface area contributed by atoms with Gasteiger partial charge in [-0.3, -0.25) is 0 Å². The van der Waals surface area contributed by atoms with Crippen LogP contribution in [0.15, 0.2) is 198 Å². The molecule has 0 aliphatic carbocycles. The zero-order valence-corrected chi connectivity index (χ0v) is 32.8. The molecule has 0 amide bonds. The molecule has 12 heteroatoms. The molecule has 0 unspecified atom stereocenters. The molecule has 270 valence electrons. The van der Waals surface area contributed by atoms with Gasteiger partial charge in [0.15, 0.2) is 0 Å². The van der Waals surface area contributed by atoms with E-state index in [1.165, 1.54) is 36.4 Å². The molecule has 0 atom stereocenters. The van der Waals surface area contributed by atoms with Crippen LogP contribution in [0.25, 0.3) is 0 Å². The van der Waals surface area contributed by atoms with Crippen LogP contribution in [0.3, 0.4) is 0 Å². The summed E-state index contributed by atoms with van der Waals surface area (Å²) in [6.45, 7) is 0. The van der Waals surface area contributed by atoms with E-state index in [-0.39, 0.29) is 31.1 Å². The van der Waals surface area contributed by atoms with Gasteiger partial charge in [0.25, 0.3) is 0 Å². The van der Waals surface area contributed by atoms with Crippen LogP contribution in [0.1, 0.15) is 0 Å². The number of halogens is 2. The molecule has 0 N–H and O–H groups in total. The van der Waals surface area contributed by atoms with Crippen LogP contribution in [0.5, 0.6) is 46.0 Å². The largest absolute Gasteiger partial charge is 0.457 e. The maximum Gasteiger partial charge on any atom is 0.210 e. The summed E-state index contributed by atoms with van der Waals surface area (Å²) in [6, 6.07) is 46.2. The minimum Gasteiger partial charge on any atom is -0.457 e. The van der Waals surface area contributed by atoms with E-state index in [9.17, 15) is 16.8 Å². The molecule has 0 spiro atoms. The topological polar surface area (TPSA) is 105 Å². The summed E-state index contributed by atoms with van der Waals surface area (Å²) >= 11 is 6.79. The van der Waals surface area contributed by atoms with Crippen molar-refractivity contribution in [3.63, 3.8) is 0 Å². The van der Waals surface area contributed by atoms with Crippen molar-refractivity contribution in [1.82, 2.24) is 0 Å². The summed E-state index contributed by atoms with van der Waals surface area (Å²) in [5.41, 5.74) is 0. The Morgan fingerprint density at radius 1 is 0.333 bits per heavy atom. The Morgan fingerprint density at radius 2 is 0.722 bits per heavy atom. The van der Waals surface area contributed by atoms with Gasteiger partial charge in [0.1, 0.15) is 55.8 Å². The van der Waals surface area contributed by atoms with Gasteiger partial charge >= 0.3 is 0 Å². The van der Waals surface area contributed by atoms with Gasteiger partial charge in [-0.1, -0.05) is 68.3 Å². The zero-order valence-electron chi connectivity index (χ0n) is 28.0. The molecule has 0 aromatic heterocycles. The van der Waals surface area contributed by atoms with Crippen molar-refractivity contribution in [3.05, 3.63) is 179 Å². The molecule has 7 aromatic rings. The Bertz CT molecular complexity index is 2650. The van der Waals surface area contributed by atoms with Crippen molar-refractivity contribution in [2.24, 2.45) is 0 Å². The summed E-state index contributed by atoms with van der Waals surface area (Å²) < 4.78 is 80.2. The van der Waals surface area contributed by atoms with Crippen molar-refractivity contribution < 1.29 is 35.8 Å². The summed E-state index contributed by atoms with van der Waals surface area (Å²) in [4.78, 5) is 0.213. The van der Waals surface area contributed by atoms with E-state index in [1.807, 2.05) is 18.2 Å². The summed E-state index contributed by atoms with van der Waals surface area (Å²) in [5, 5.41) is 0. The number of hydrogen-bond donors (Lipinski definition) is 0. The first-order chi connectivity index (χ1) is 26.0. The van der Waals surface area contributed by atoms with Gasteiger partial charge in [0, 0.05) is 15.0 Å². The number of rotatable bonds is 12. The number of ether oxygens (including phenoxy) is 4. The monoisotopic (exact) mass is 882 g/mol. The fraction of sp³-hybridized carbons (Fsp3) is 0. The SMILES string of the molecule is O=S(=O)(c1ccc(Oc2cccc(Oc3ccc(S(=O)(=O)c4ccccc4Oc4cccc(Br)c4)cc3)c2)cc1)c1ccccc1Oc1ccc(Br)cc1. The van der Waals surface area contributed by atoms with Crippen molar-refractivity contribution in [2.75, 3.05) is 0 Å². The summed E-state index contributed by atoms with van der Waals surface area (Å²) in [7, 11) is -7.86. The molecule has 0 fully saturated rings. The molecule has 8 nitrogen and oxygen atoms in total. The molecule has 7 aromatic carbocycles. The Morgan fingerprint density at radius 3 is 1.20 bits per heavy atom. The van der Waals surface area contributed by atoms with E-state index in [1.54, 1.807) is 115 Å². The lowest BCUT2D eigenvalue weighted by Crippen LogP contribution is -2.04. The van der Waals surface area contributed by atoms with Crippen molar-refractivity contribution in [1.29, 1.82) is 0 Å². The lowest BCUT2D eigenvalue weighted by atomic mass is 10.3. The van der Waals surface area contributed by atoms with Gasteiger partial charge in [-0.05, 0) is 127 Å². The molecule has 0 aliphatic heterocycles. The average Bonchev–Trinajstić information content (AvgIpc) is 3.17. The van der Waals surface area contributed by atoms with E-state index in [4.69, 9.17) is 18.9 Å². The second-order valence-corrected chi connectivity index (χ2v) is 17.3. The Labute approximate surface area is 329 Å². The molecule has 0 radical (unpaired) electrons. The molecule has 0 aliphatic rings. The fourth-order valence-electron chi connectivity index (χ4n) is 5.30. The summed E-state index contributed by atoms with van der Waals surface area (Å²) in [6.07, 6.45) is 0. The molecule has 7 rings (SSSR count). The van der Waals surface area contributed by atoms with Crippen LogP contribution in [-0.4, -0.2) is 16.8 Å². The lowest BCUT2D eigenvalue weighted by molar-refractivity contribution is 0.460. The fourth-order valence-corrected chi connectivity index (χ4v) is 8.70. The average molecular weight is 885 g/mol. The standard InChI is InChI=1S/C42H28Br2O8S2/c43-29-15-17-33(18-16-29)51-39-11-1-3-13-41(39)53(45,46)37-23-19-31(20-24-37)49-35-9-6-10-36(28-35)50-32-21-25-38(26-22-32)54(47,48)42-14-4-2-12-40(42)52-34-8-5-7-30(44)27-34/h1-28H. The van der Waals surface area contributed by atoms with Gasteiger partial charge in [0.05, 0.1) is 9.79 Å². The van der Waals surface area contributed by atoms with Gasteiger partial charge < -0.3 is 18.9 Å². The highest BCUT2D eigenvalue weighted by Gasteiger charge is 2.24. The maximum absolute atomic E-state index is 13.7. The van der Waals surface area contributed by atoms with Crippen LogP contribution in [0, 0.1) is 0 Å². The quantitative estimate of drug-likeness (QED) is 0.119. The van der Waals surface area contributed by atoms with Gasteiger partial charge in [-0.25, -0.2) is 16.8 Å². The van der Waals surface area contributed by atoms with E-state index < -0.39 is 19.7 Å². The lowest BCUT2D eigenvalue weighted by Gasteiger charge is -2.13. The van der Waals surface area contributed by atoms with Crippen molar-refractivity contribution >= 4 is 51.5 Å². The van der Waals surface area contributed by atoms with E-state index in [0.717, 1.165) is 8.95 Å². The molecule has 54 heavy (non-hydrogen) atoms. The van der Waals surface area contributed by atoms with Gasteiger partial charge in [-0.2, -0.15) is 0 Å². The molecule has 0 saturated heterocycles.